The van der Waals surface area contributed by atoms with Gasteiger partial charge in [0.1, 0.15) is 23.7 Å². The lowest BCUT2D eigenvalue weighted by molar-refractivity contribution is 0.0510. The predicted molar refractivity (Wildman–Crippen MR) is 126 cm³/mol. The fourth-order valence-electron chi connectivity index (χ4n) is 3.97. The minimum absolute atomic E-state index is 0.133. The summed E-state index contributed by atoms with van der Waals surface area (Å²) in [7, 11) is 0. The SMILES string of the molecule is N#Cc1cc(=O)c2cccc(NC(=O)c3ccc4c(c3)CC(COCc3ccc(F)cc3)O4)c2o1. The van der Waals surface area contributed by atoms with Crippen LogP contribution in [0.15, 0.2) is 75.9 Å². The van der Waals surface area contributed by atoms with Gasteiger partial charge in [-0.1, -0.05) is 18.2 Å². The smallest absolute Gasteiger partial charge is 0.255 e. The molecule has 1 atom stereocenters. The number of carbonyl (C=O) groups is 1. The number of nitrogens with one attached hydrogen (secondary N) is 1. The average Bonchev–Trinajstić information content (AvgIpc) is 3.27. The van der Waals surface area contributed by atoms with Gasteiger partial charge in [-0.2, -0.15) is 5.26 Å². The second-order valence-corrected chi connectivity index (χ2v) is 8.13. The topological polar surface area (TPSA) is 102 Å². The number of rotatable bonds is 6. The monoisotopic (exact) mass is 470 g/mol. The zero-order valence-electron chi connectivity index (χ0n) is 18.4. The highest BCUT2D eigenvalue weighted by Crippen LogP contribution is 2.30. The van der Waals surface area contributed by atoms with E-state index >= 15 is 0 Å². The van der Waals surface area contributed by atoms with Gasteiger partial charge in [0.2, 0.25) is 5.76 Å². The van der Waals surface area contributed by atoms with E-state index < -0.39 is 0 Å². The molecule has 5 rings (SSSR count). The number of amides is 1. The van der Waals surface area contributed by atoms with Gasteiger partial charge >= 0.3 is 0 Å². The minimum atomic E-state index is -0.388. The molecule has 0 aliphatic carbocycles. The van der Waals surface area contributed by atoms with Crippen molar-refractivity contribution in [1.82, 2.24) is 0 Å². The van der Waals surface area contributed by atoms with Gasteiger partial charge in [0, 0.05) is 18.1 Å². The lowest BCUT2D eigenvalue weighted by Gasteiger charge is -2.11. The number of nitrogens with zero attached hydrogens (tertiary/aromatic N) is 1. The maximum absolute atomic E-state index is 13.0. The van der Waals surface area contributed by atoms with E-state index in [2.05, 4.69) is 5.32 Å². The van der Waals surface area contributed by atoms with Crippen molar-refractivity contribution in [1.29, 1.82) is 5.26 Å². The van der Waals surface area contributed by atoms with Crippen molar-refractivity contribution in [2.75, 3.05) is 11.9 Å². The second kappa shape index (κ2) is 9.41. The molecule has 0 saturated carbocycles. The number of ether oxygens (including phenoxy) is 2. The molecule has 174 valence electrons. The quantitative estimate of drug-likeness (QED) is 0.443. The van der Waals surface area contributed by atoms with E-state index in [0.29, 0.717) is 36.6 Å². The number of nitriles is 1. The molecule has 3 aromatic carbocycles. The molecule has 2 heterocycles. The highest BCUT2D eigenvalue weighted by molar-refractivity contribution is 6.08. The summed E-state index contributed by atoms with van der Waals surface area (Å²) in [4.78, 5) is 25.2. The van der Waals surface area contributed by atoms with Gasteiger partial charge in [-0.3, -0.25) is 9.59 Å². The highest BCUT2D eigenvalue weighted by atomic mass is 19.1. The van der Waals surface area contributed by atoms with Crippen LogP contribution < -0.4 is 15.5 Å². The van der Waals surface area contributed by atoms with Gasteiger partial charge in [-0.05, 0) is 53.6 Å². The van der Waals surface area contributed by atoms with Crippen LogP contribution in [0.3, 0.4) is 0 Å². The van der Waals surface area contributed by atoms with Gasteiger partial charge in [0.05, 0.1) is 24.3 Å². The number of carbonyl (C=O) groups excluding carboxylic acids is 1. The maximum atomic E-state index is 13.0. The molecule has 0 fully saturated rings. The Hall–Kier alpha value is -4.48. The molecule has 4 aromatic rings. The molecule has 0 bridgehead atoms. The fourth-order valence-corrected chi connectivity index (χ4v) is 3.97. The first kappa shape index (κ1) is 22.3. The number of hydrogen-bond acceptors (Lipinski definition) is 6. The van der Waals surface area contributed by atoms with Crippen molar-refractivity contribution in [3.05, 3.63) is 105 Å². The molecule has 35 heavy (non-hydrogen) atoms. The van der Waals surface area contributed by atoms with Crippen LogP contribution in [0.2, 0.25) is 0 Å². The maximum Gasteiger partial charge on any atom is 0.255 e. The average molecular weight is 470 g/mol. The van der Waals surface area contributed by atoms with Crippen molar-refractivity contribution in [2.24, 2.45) is 0 Å². The highest BCUT2D eigenvalue weighted by Gasteiger charge is 2.24. The normalized spacial score (nSPS) is 14.2. The Bertz CT molecular complexity index is 1520. The number of hydrogen-bond donors (Lipinski definition) is 1. The van der Waals surface area contributed by atoms with Crippen LogP contribution in [0.1, 0.15) is 27.2 Å². The minimum Gasteiger partial charge on any atom is -0.487 e. The summed E-state index contributed by atoms with van der Waals surface area (Å²) in [5.74, 6) is -0.125. The molecular formula is C27H19FN2O5. The molecule has 1 N–H and O–H groups in total. The number of fused-ring (bicyclic) bond motifs is 2. The number of para-hydroxylation sites is 1. The Kier molecular flexibility index (Phi) is 6.00. The first-order chi connectivity index (χ1) is 17.0. The fraction of sp³-hybridized carbons (Fsp3) is 0.148. The summed E-state index contributed by atoms with van der Waals surface area (Å²) in [6.45, 7) is 0.697. The first-order valence-corrected chi connectivity index (χ1v) is 10.9. The molecule has 0 spiro atoms. The number of benzene rings is 3. The third kappa shape index (κ3) is 4.76. The number of halogens is 1. The molecule has 0 saturated heterocycles. The van der Waals surface area contributed by atoms with Crippen molar-refractivity contribution < 1.29 is 23.1 Å². The third-order valence-corrected chi connectivity index (χ3v) is 5.66. The molecule has 1 unspecified atom stereocenters. The van der Waals surface area contributed by atoms with Crippen LogP contribution in [0.25, 0.3) is 11.0 Å². The molecule has 7 nitrogen and oxygen atoms in total. The Balaban J connectivity index is 1.26. The van der Waals surface area contributed by atoms with E-state index in [1.165, 1.54) is 12.1 Å². The van der Waals surface area contributed by atoms with Crippen LogP contribution in [-0.4, -0.2) is 18.6 Å². The summed E-state index contributed by atoms with van der Waals surface area (Å²) in [6, 6.07) is 19.0. The van der Waals surface area contributed by atoms with Crippen LogP contribution >= 0.6 is 0 Å². The van der Waals surface area contributed by atoms with E-state index in [4.69, 9.17) is 19.2 Å². The van der Waals surface area contributed by atoms with Crippen LogP contribution in [0.5, 0.6) is 5.75 Å². The van der Waals surface area contributed by atoms with Gasteiger partial charge in [0.25, 0.3) is 5.91 Å². The van der Waals surface area contributed by atoms with Gasteiger partial charge in [0.15, 0.2) is 11.0 Å². The van der Waals surface area contributed by atoms with Gasteiger partial charge in [-0.15, -0.1) is 0 Å². The van der Waals surface area contributed by atoms with Crippen molar-refractivity contribution >= 4 is 22.6 Å². The summed E-state index contributed by atoms with van der Waals surface area (Å²) in [5, 5.41) is 12.1. The summed E-state index contributed by atoms with van der Waals surface area (Å²) in [6.07, 6.45) is 0.384. The van der Waals surface area contributed by atoms with Crippen molar-refractivity contribution in [3.63, 3.8) is 0 Å². The zero-order valence-corrected chi connectivity index (χ0v) is 18.4. The van der Waals surface area contributed by atoms with E-state index in [1.54, 1.807) is 48.5 Å². The van der Waals surface area contributed by atoms with Crippen molar-refractivity contribution in [3.8, 4) is 11.8 Å². The molecule has 1 aliphatic heterocycles. The van der Waals surface area contributed by atoms with Crippen LogP contribution in [0, 0.1) is 17.1 Å². The van der Waals surface area contributed by atoms with Gasteiger partial charge in [-0.25, -0.2) is 4.39 Å². The predicted octanol–water partition coefficient (Wildman–Crippen LogP) is 4.58. The van der Waals surface area contributed by atoms with Crippen LogP contribution in [0.4, 0.5) is 10.1 Å². The Morgan fingerprint density at radius 2 is 1.97 bits per heavy atom. The van der Waals surface area contributed by atoms with Crippen LogP contribution in [-0.2, 0) is 17.8 Å². The molecular weight excluding hydrogens is 451 g/mol. The molecule has 8 heteroatoms. The molecule has 0 radical (unpaired) electrons. The largest absolute Gasteiger partial charge is 0.487 e. The second-order valence-electron chi connectivity index (χ2n) is 8.13. The summed E-state index contributed by atoms with van der Waals surface area (Å²) in [5.41, 5.74) is 2.24. The third-order valence-electron chi connectivity index (χ3n) is 5.66. The molecule has 1 amide bonds. The Morgan fingerprint density at radius 3 is 2.77 bits per heavy atom. The first-order valence-electron chi connectivity index (χ1n) is 10.9. The lowest BCUT2D eigenvalue weighted by Crippen LogP contribution is -2.20. The summed E-state index contributed by atoms with van der Waals surface area (Å²) < 4.78 is 30.1. The Labute approximate surface area is 199 Å². The zero-order chi connectivity index (χ0) is 24.4. The molecule has 1 aromatic heterocycles. The van der Waals surface area contributed by atoms with Crippen molar-refractivity contribution in [2.45, 2.75) is 19.1 Å². The summed E-state index contributed by atoms with van der Waals surface area (Å²) >= 11 is 0. The van der Waals surface area contributed by atoms with E-state index in [0.717, 1.165) is 17.2 Å². The lowest BCUT2D eigenvalue weighted by atomic mass is 10.1. The standard InChI is InChI=1S/C27H19FN2O5/c28-19-7-4-16(5-8-19)14-33-15-21-11-18-10-17(6-9-25(18)34-21)27(32)30-23-3-1-2-22-24(31)12-20(13-29)35-26(22)23/h1-10,12,21H,11,14-15H2,(H,30,32). The number of anilines is 1. The Morgan fingerprint density at radius 1 is 1.14 bits per heavy atom. The van der Waals surface area contributed by atoms with E-state index in [9.17, 15) is 14.0 Å². The molecule has 1 aliphatic rings. The van der Waals surface area contributed by atoms with Gasteiger partial charge < -0.3 is 19.2 Å². The van der Waals surface area contributed by atoms with E-state index in [1.807, 2.05) is 6.07 Å². The van der Waals surface area contributed by atoms with E-state index in [-0.39, 0.29) is 40.0 Å².